The van der Waals surface area contributed by atoms with E-state index in [4.69, 9.17) is 14.2 Å². The number of hydrogen-bond acceptors (Lipinski definition) is 6. The first-order valence-corrected chi connectivity index (χ1v) is 32.6. The normalized spacial score (nSPS) is 13.3. The summed E-state index contributed by atoms with van der Waals surface area (Å²) >= 11 is 0. The van der Waals surface area contributed by atoms with Gasteiger partial charge in [0.15, 0.2) is 6.10 Å². The van der Waals surface area contributed by atoms with Crippen LogP contribution in [0.3, 0.4) is 0 Å². The molecule has 0 spiro atoms. The third-order valence-electron chi connectivity index (χ3n) is 13.2. The van der Waals surface area contributed by atoms with Crippen LogP contribution in [-0.2, 0) is 28.6 Å². The van der Waals surface area contributed by atoms with Gasteiger partial charge >= 0.3 is 17.9 Å². The van der Waals surface area contributed by atoms with E-state index in [1.807, 2.05) is 0 Å². The molecule has 0 amide bonds. The lowest BCUT2D eigenvalue weighted by Gasteiger charge is -2.18. The molecule has 0 aliphatic rings. The zero-order chi connectivity index (χ0) is 58.5. The van der Waals surface area contributed by atoms with Crippen molar-refractivity contribution in [1.82, 2.24) is 0 Å². The van der Waals surface area contributed by atoms with Crippen LogP contribution in [0, 0.1) is 0 Å². The van der Waals surface area contributed by atoms with Gasteiger partial charge in [-0.15, -0.1) is 0 Å². The summed E-state index contributed by atoms with van der Waals surface area (Å²) < 4.78 is 16.9. The lowest BCUT2D eigenvalue weighted by atomic mass is 10.1. The average molecular weight is 1120 g/mol. The number of hydrogen-bond donors (Lipinski definition) is 0. The van der Waals surface area contributed by atoms with Gasteiger partial charge in [0.05, 0.1) is 0 Å². The molecule has 0 rings (SSSR count). The van der Waals surface area contributed by atoms with Crippen molar-refractivity contribution in [3.8, 4) is 0 Å². The molecule has 1 unspecified atom stereocenters. The summed E-state index contributed by atoms with van der Waals surface area (Å²) in [5.41, 5.74) is 0. The fourth-order valence-corrected chi connectivity index (χ4v) is 8.36. The summed E-state index contributed by atoms with van der Waals surface area (Å²) in [5, 5.41) is 0. The van der Waals surface area contributed by atoms with Crippen molar-refractivity contribution in [2.45, 2.75) is 271 Å². The predicted octanol–water partition coefficient (Wildman–Crippen LogP) is 22.7. The highest BCUT2D eigenvalue weighted by Crippen LogP contribution is 2.13. The second kappa shape index (κ2) is 67.3. The zero-order valence-corrected chi connectivity index (χ0v) is 52.0. The molecule has 0 aliphatic heterocycles. The third-order valence-corrected chi connectivity index (χ3v) is 13.2. The SMILES string of the molecule is CC/C=C\C/C=C\C/C=C\C/C=C\C/C=C\C/C=C\CCCCC(=O)OCC(COC(=O)CCCCCCCC/C=C\C/C=C\C/C=C\CCCCCCC)OC(=O)CCCCCCC/C=C\C/C=C\C/C=C\C/C=C\C/C=C\CC. The molecule has 81 heavy (non-hydrogen) atoms. The smallest absolute Gasteiger partial charge is 0.306 e. The highest BCUT2D eigenvalue weighted by molar-refractivity contribution is 5.71. The summed E-state index contributed by atoms with van der Waals surface area (Å²) in [6.45, 7) is 6.34. The Hall–Kier alpha value is -5.23. The second-order valence-electron chi connectivity index (χ2n) is 20.9. The number of unbranched alkanes of at least 4 members (excludes halogenated alkanes) is 18. The molecule has 6 nitrogen and oxygen atoms in total. The maximum Gasteiger partial charge on any atom is 0.306 e. The summed E-state index contributed by atoms with van der Waals surface area (Å²) in [6.07, 6.45) is 99.2. The number of rotatable bonds is 57. The van der Waals surface area contributed by atoms with E-state index in [1.54, 1.807) is 0 Å². The van der Waals surface area contributed by atoms with Crippen LogP contribution in [0.5, 0.6) is 0 Å². The lowest BCUT2D eigenvalue weighted by molar-refractivity contribution is -0.167. The van der Waals surface area contributed by atoms with Crippen molar-refractivity contribution < 1.29 is 28.6 Å². The molecule has 0 radical (unpaired) electrons. The summed E-state index contributed by atoms with van der Waals surface area (Å²) in [5.74, 6) is -0.994. The van der Waals surface area contributed by atoms with E-state index in [1.165, 1.54) is 51.4 Å². The topological polar surface area (TPSA) is 78.9 Å². The van der Waals surface area contributed by atoms with Crippen molar-refractivity contribution in [2.75, 3.05) is 13.2 Å². The van der Waals surface area contributed by atoms with E-state index in [9.17, 15) is 14.4 Å². The van der Waals surface area contributed by atoms with Gasteiger partial charge in [0.25, 0.3) is 0 Å². The quantitative estimate of drug-likeness (QED) is 0.0261. The van der Waals surface area contributed by atoms with E-state index in [0.29, 0.717) is 12.8 Å². The van der Waals surface area contributed by atoms with E-state index in [0.717, 1.165) is 167 Å². The minimum atomic E-state index is -0.824. The Balaban J connectivity index is 4.58. The number of esters is 3. The summed E-state index contributed by atoms with van der Waals surface area (Å²) in [7, 11) is 0. The van der Waals surface area contributed by atoms with Crippen molar-refractivity contribution >= 4 is 17.9 Å². The van der Waals surface area contributed by atoms with Crippen LogP contribution in [-0.4, -0.2) is 37.2 Å². The van der Waals surface area contributed by atoms with Gasteiger partial charge in [0.1, 0.15) is 13.2 Å². The van der Waals surface area contributed by atoms with Gasteiger partial charge in [0.2, 0.25) is 0 Å². The first kappa shape index (κ1) is 75.8. The minimum Gasteiger partial charge on any atom is -0.462 e. The standard InChI is InChI=1S/C75H118O6/c1-4-7-10-13-16-19-22-25-28-31-34-37-40-43-46-49-52-55-58-61-64-67-73(76)79-70-72(81-75(78)69-66-63-60-57-54-51-48-45-42-39-36-33-30-27-24-21-18-15-12-9-6-3)71-80-74(77)68-65-62-59-56-53-50-47-44-41-38-35-32-29-26-23-20-17-14-11-8-5-2/h7,9-10,12,16,18-19,21,23,25-28,30,32,34-37,39,41,43-46,48,52,55,72H,4-6,8,11,13-15,17,20,22,24,29,31,33,38,40,42,47,49-51,53-54,56-71H2,1-3H3/b10-7-,12-9-,19-16-,21-18-,26-23-,28-25-,30-27-,35-32-,37-34-,39-36-,44-41-,46-43-,48-45-,55-52-. The molecule has 0 N–H and O–H groups in total. The van der Waals surface area contributed by atoms with Crippen molar-refractivity contribution in [1.29, 1.82) is 0 Å². The van der Waals surface area contributed by atoms with Crippen molar-refractivity contribution in [3.05, 3.63) is 170 Å². The molecule has 0 heterocycles. The van der Waals surface area contributed by atoms with Gasteiger partial charge < -0.3 is 14.2 Å². The van der Waals surface area contributed by atoms with Gasteiger partial charge in [-0.05, 0) is 154 Å². The first-order chi connectivity index (χ1) is 40.0. The maximum absolute atomic E-state index is 12.9. The highest BCUT2D eigenvalue weighted by atomic mass is 16.6. The molecule has 0 aliphatic carbocycles. The Labute approximate surface area is 498 Å². The molecule has 0 saturated heterocycles. The fourth-order valence-electron chi connectivity index (χ4n) is 8.36. The van der Waals surface area contributed by atoms with Crippen LogP contribution in [0.1, 0.15) is 265 Å². The van der Waals surface area contributed by atoms with Gasteiger partial charge in [-0.2, -0.15) is 0 Å². The summed E-state index contributed by atoms with van der Waals surface area (Å²) in [4.78, 5) is 38.4. The molecule has 454 valence electrons. The molecule has 1 atom stereocenters. The highest BCUT2D eigenvalue weighted by Gasteiger charge is 2.19. The van der Waals surface area contributed by atoms with Crippen molar-refractivity contribution in [3.63, 3.8) is 0 Å². The molecule has 0 aromatic heterocycles. The predicted molar refractivity (Wildman–Crippen MR) is 352 cm³/mol. The van der Waals surface area contributed by atoms with Crippen molar-refractivity contribution in [2.24, 2.45) is 0 Å². The second-order valence-corrected chi connectivity index (χ2v) is 20.9. The fraction of sp³-hybridized carbons (Fsp3) is 0.587. The monoisotopic (exact) mass is 1110 g/mol. The van der Waals surface area contributed by atoms with Gasteiger partial charge in [-0.1, -0.05) is 262 Å². The molecule has 0 aromatic carbocycles. The van der Waals surface area contributed by atoms with Gasteiger partial charge in [0, 0.05) is 19.3 Å². The van der Waals surface area contributed by atoms with E-state index < -0.39 is 6.10 Å². The number of allylic oxidation sites excluding steroid dienone is 28. The first-order valence-electron chi connectivity index (χ1n) is 32.6. The Kier molecular flexibility index (Phi) is 62.9. The van der Waals surface area contributed by atoms with Gasteiger partial charge in [-0.3, -0.25) is 14.4 Å². The summed E-state index contributed by atoms with van der Waals surface area (Å²) in [6, 6.07) is 0. The van der Waals surface area contributed by atoms with Crippen LogP contribution in [0.4, 0.5) is 0 Å². The largest absolute Gasteiger partial charge is 0.462 e. The number of carbonyl (C=O) groups is 3. The molecule has 6 heteroatoms. The van der Waals surface area contributed by atoms with Crippen LogP contribution >= 0.6 is 0 Å². The molecule has 0 saturated carbocycles. The number of carbonyl (C=O) groups excluding carboxylic acids is 3. The Morgan fingerprint density at radius 1 is 0.259 bits per heavy atom. The van der Waals surface area contributed by atoms with Crippen LogP contribution in [0.15, 0.2) is 170 Å². The van der Waals surface area contributed by atoms with Crippen LogP contribution in [0.25, 0.3) is 0 Å². The van der Waals surface area contributed by atoms with E-state index >= 15 is 0 Å². The average Bonchev–Trinajstić information content (AvgIpc) is 3.47. The molecule has 0 fully saturated rings. The van der Waals surface area contributed by atoms with Crippen LogP contribution in [0.2, 0.25) is 0 Å². The zero-order valence-electron chi connectivity index (χ0n) is 52.0. The third kappa shape index (κ3) is 65.5. The molecule has 0 aromatic rings. The van der Waals surface area contributed by atoms with E-state index in [2.05, 4.69) is 191 Å². The number of ether oxygens (including phenoxy) is 3. The van der Waals surface area contributed by atoms with Crippen LogP contribution < -0.4 is 0 Å². The molecular formula is C75H118O6. The Morgan fingerprint density at radius 3 is 0.778 bits per heavy atom. The van der Waals surface area contributed by atoms with E-state index in [-0.39, 0.29) is 44.0 Å². The van der Waals surface area contributed by atoms with Gasteiger partial charge in [-0.25, -0.2) is 0 Å². The molecule has 0 bridgehead atoms. The maximum atomic E-state index is 12.9. The lowest BCUT2D eigenvalue weighted by Crippen LogP contribution is -2.30. The molecular weight excluding hydrogens is 997 g/mol. The Morgan fingerprint density at radius 2 is 0.481 bits per heavy atom. The minimum absolute atomic E-state index is 0.115. The Bertz CT molecular complexity index is 1860.